The molecular formula is C8H16N6S. The van der Waals surface area contributed by atoms with E-state index in [1.807, 2.05) is 14.1 Å². The van der Waals surface area contributed by atoms with E-state index in [1.165, 1.54) is 0 Å². The van der Waals surface area contributed by atoms with Crippen LogP contribution >= 0.6 is 11.8 Å². The second kappa shape index (κ2) is 5.72. The standard InChI is InChI=1S/C8H16N6S/c1-14(2)3-4-15-5-6-11-7(9)13-8(10)12-6/h3-5H2,1-2H3,(H4,9,10,11,12,13). The van der Waals surface area contributed by atoms with E-state index in [9.17, 15) is 0 Å². The number of nitrogens with zero attached hydrogens (tertiary/aromatic N) is 4. The highest BCUT2D eigenvalue weighted by Crippen LogP contribution is 2.09. The molecule has 7 heteroatoms. The van der Waals surface area contributed by atoms with Crippen molar-refractivity contribution in [3.63, 3.8) is 0 Å². The molecule has 0 bridgehead atoms. The van der Waals surface area contributed by atoms with Crippen LogP contribution in [0.3, 0.4) is 0 Å². The fraction of sp³-hybridized carbons (Fsp3) is 0.625. The van der Waals surface area contributed by atoms with Gasteiger partial charge in [-0.3, -0.25) is 0 Å². The first-order valence-electron chi connectivity index (χ1n) is 4.56. The summed E-state index contributed by atoms with van der Waals surface area (Å²) in [6.07, 6.45) is 0. The molecule has 0 aliphatic heterocycles. The van der Waals surface area contributed by atoms with Crippen molar-refractivity contribution in [2.75, 3.05) is 37.9 Å². The van der Waals surface area contributed by atoms with E-state index in [0.29, 0.717) is 11.6 Å². The lowest BCUT2D eigenvalue weighted by atomic mass is 10.7. The first-order valence-corrected chi connectivity index (χ1v) is 5.72. The minimum Gasteiger partial charge on any atom is -0.368 e. The van der Waals surface area contributed by atoms with Crippen molar-refractivity contribution in [2.45, 2.75) is 5.75 Å². The van der Waals surface area contributed by atoms with Crippen LogP contribution in [0.15, 0.2) is 0 Å². The maximum Gasteiger partial charge on any atom is 0.225 e. The van der Waals surface area contributed by atoms with Gasteiger partial charge >= 0.3 is 0 Å². The van der Waals surface area contributed by atoms with E-state index >= 15 is 0 Å². The molecule has 1 heterocycles. The Bertz CT molecular complexity index is 296. The third-order valence-corrected chi connectivity index (χ3v) is 2.56. The van der Waals surface area contributed by atoms with Gasteiger partial charge in [0, 0.05) is 12.3 Å². The molecule has 0 saturated heterocycles. The van der Waals surface area contributed by atoms with Gasteiger partial charge in [-0.1, -0.05) is 0 Å². The Balaban J connectivity index is 2.37. The van der Waals surface area contributed by atoms with Crippen molar-refractivity contribution in [1.29, 1.82) is 0 Å². The van der Waals surface area contributed by atoms with Gasteiger partial charge in [-0.2, -0.15) is 26.7 Å². The minimum absolute atomic E-state index is 0.186. The number of hydrogen-bond acceptors (Lipinski definition) is 7. The number of nitrogens with two attached hydrogens (primary N) is 2. The molecule has 1 rings (SSSR count). The molecule has 0 radical (unpaired) electrons. The SMILES string of the molecule is CN(C)CCSCc1nc(N)nc(N)n1. The predicted molar refractivity (Wildman–Crippen MR) is 63.4 cm³/mol. The first kappa shape index (κ1) is 12.0. The third-order valence-electron chi connectivity index (χ3n) is 1.63. The minimum atomic E-state index is 0.186. The summed E-state index contributed by atoms with van der Waals surface area (Å²) in [6.45, 7) is 1.03. The Kier molecular flexibility index (Phi) is 4.57. The predicted octanol–water partition coefficient (Wildman–Crippen LogP) is -0.169. The maximum atomic E-state index is 5.45. The molecule has 1 aromatic heterocycles. The number of nitrogen functional groups attached to an aromatic ring is 2. The van der Waals surface area contributed by atoms with E-state index in [2.05, 4.69) is 19.9 Å². The molecule has 0 aliphatic carbocycles. The third kappa shape index (κ3) is 4.80. The maximum absolute atomic E-state index is 5.45. The van der Waals surface area contributed by atoms with E-state index < -0.39 is 0 Å². The lowest BCUT2D eigenvalue weighted by Crippen LogP contribution is -2.15. The smallest absolute Gasteiger partial charge is 0.225 e. The van der Waals surface area contributed by atoms with Gasteiger partial charge in [-0.05, 0) is 14.1 Å². The van der Waals surface area contributed by atoms with Crippen molar-refractivity contribution in [2.24, 2.45) is 0 Å². The molecule has 1 aromatic rings. The molecule has 0 unspecified atom stereocenters. The molecule has 0 amide bonds. The summed E-state index contributed by atoms with van der Waals surface area (Å²) < 4.78 is 0. The summed E-state index contributed by atoms with van der Waals surface area (Å²) in [4.78, 5) is 13.8. The largest absolute Gasteiger partial charge is 0.368 e. The van der Waals surface area contributed by atoms with E-state index in [1.54, 1.807) is 11.8 Å². The van der Waals surface area contributed by atoms with Crippen molar-refractivity contribution in [1.82, 2.24) is 19.9 Å². The number of anilines is 2. The quantitative estimate of drug-likeness (QED) is 0.676. The summed E-state index contributed by atoms with van der Waals surface area (Å²) in [6, 6.07) is 0. The zero-order valence-electron chi connectivity index (χ0n) is 8.97. The van der Waals surface area contributed by atoms with Crippen molar-refractivity contribution in [3.8, 4) is 0 Å². The highest BCUT2D eigenvalue weighted by atomic mass is 32.2. The van der Waals surface area contributed by atoms with E-state index in [0.717, 1.165) is 12.3 Å². The topological polar surface area (TPSA) is 94.0 Å². The van der Waals surface area contributed by atoms with Crippen LogP contribution in [-0.4, -0.2) is 46.2 Å². The highest BCUT2D eigenvalue weighted by molar-refractivity contribution is 7.98. The second-order valence-electron chi connectivity index (χ2n) is 3.32. The Morgan fingerprint density at radius 3 is 2.27 bits per heavy atom. The Morgan fingerprint density at radius 1 is 1.13 bits per heavy atom. The Morgan fingerprint density at radius 2 is 1.73 bits per heavy atom. The fourth-order valence-electron chi connectivity index (χ4n) is 0.932. The van der Waals surface area contributed by atoms with Crippen LogP contribution in [-0.2, 0) is 5.75 Å². The van der Waals surface area contributed by atoms with Crippen LogP contribution in [0.4, 0.5) is 11.9 Å². The van der Waals surface area contributed by atoms with Crippen LogP contribution < -0.4 is 11.5 Å². The molecule has 0 fully saturated rings. The van der Waals surface area contributed by atoms with Gasteiger partial charge in [0.15, 0.2) is 0 Å². The van der Waals surface area contributed by atoms with Gasteiger partial charge in [0.1, 0.15) is 5.82 Å². The molecule has 4 N–H and O–H groups in total. The number of hydrogen-bond donors (Lipinski definition) is 2. The van der Waals surface area contributed by atoms with Gasteiger partial charge in [0.25, 0.3) is 0 Å². The number of rotatable bonds is 5. The number of aromatic nitrogens is 3. The van der Waals surface area contributed by atoms with E-state index in [4.69, 9.17) is 11.5 Å². The first-order chi connectivity index (χ1) is 7.08. The second-order valence-corrected chi connectivity index (χ2v) is 4.43. The highest BCUT2D eigenvalue weighted by Gasteiger charge is 2.01. The summed E-state index contributed by atoms with van der Waals surface area (Å²) in [7, 11) is 4.08. The van der Waals surface area contributed by atoms with Crippen LogP contribution in [0, 0.1) is 0 Å². The van der Waals surface area contributed by atoms with Crippen molar-refractivity contribution >= 4 is 23.7 Å². The Labute approximate surface area is 93.5 Å². The lowest BCUT2D eigenvalue weighted by Gasteiger charge is -2.08. The monoisotopic (exact) mass is 228 g/mol. The zero-order chi connectivity index (χ0) is 11.3. The van der Waals surface area contributed by atoms with Gasteiger partial charge in [0.05, 0.1) is 5.75 Å². The van der Waals surface area contributed by atoms with Crippen LogP contribution in [0.2, 0.25) is 0 Å². The van der Waals surface area contributed by atoms with E-state index in [-0.39, 0.29) is 11.9 Å². The molecule has 0 aromatic carbocycles. The number of thioether (sulfide) groups is 1. The molecule has 0 atom stereocenters. The summed E-state index contributed by atoms with van der Waals surface area (Å²) >= 11 is 1.75. The van der Waals surface area contributed by atoms with Crippen LogP contribution in [0.5, 0.6) is 0 Å². The van der Waals surface area contributed by atoms with Gasteiger partial charge in [0.2, 0.25) is 11.9 Å². The molecule has 0 saturated carbocycles. The van der Waals surface area contributed by atoms with Crippen LogP contribution in [0.1, 0.15) is 5.82 Å². The van der Waals surface area contributed by atoms with Gasteiger partial charge in [-0.25, -0.2) is 0 Å². The summed E-state index contributed by atoms with van der Waals surface area (Å²) in [5.74, 6) is 2.75. The van der Waals surface area contributed by atoms with Gasteiger partial charge in [-0.15, -0.1) is 0 Å². The normalized spacial score (nSPS) is 10.9. The molecule has 84 valence electrons. The van der Waals surface area contributed by atoms with Crippen LogP contribution in [0.25, 0.3) is 0 Å². The Hall–Kier alpha value is -1.08. The fourth-order valence-corrected chi connectivity index (χ4v) is 1.88. The average molecular weight is 228 g/mol. The molecule has 0 aliphatic rings. The molecule has 15 heavy (non-hydrogen) atoms. The average Bonchev–Trinajstić information content (AvgIpc) is 2.10. The molecule has 0 spiro atoms. The summed E-state index contributed by atoms with van der Waals surface area (Å²) in [5.41, 5.74) is 10.9. The lowest BCUT2D eigenvalue weighted by molar-refractivity contribution is 0.437. The van der Waals surface area contributed by atoms with Gasteiger partial charge < -0.3 is 16.4 Å². The van der Waals surface area contributed by atoms with Crippen molar-refractivity contribution in [3.05, 3.63) is 5.82 Å². The molecule has 6 nitrogen and oxygen atoms in total. The summed E-state index contributed by atoms with van der Waals surface area (Å²) in [5, 5.41) is 0. The molecular weight excluding hydrogens is 212 g/mol. The zero-order valence-corrected chi connectivity index (χ0v) is 9.79. The van der Waals surface area contributed by atoms with Crippen molar-refractivity contribution < 1.29 is 0 Å².